The van der Waals surface area contributed by atoms with Crippen LogP contribution < -0.4 is 0 Å². The molecule has 0 bridgehead atoms. The number of halogens is 1. The molecular weight excluding hydrogens is 216 g/mol. The third-order valence-corrected chi connectivity index (χ3v) is 3.51. The highest BCUT2D eigenvalue weighted by Gasteiger charge is 2.20. The molecule has 3 heteroatoms. The van der Waals surface area contributed by atoms with Gasteiger partial charge in [0, 0.05) is 16.9 Å². The van der Waals surface area contributed by atoms with E-state index in [0.29, 0.717) is 5.92 Å². The molecule has 1 aliphatic carbocycles. The maximum atomic E-state index is 4.35. The van der Waals surface area contributed by atoms with Crippen molar-refractivity contribution in [2.24, 2.45) is 0 Å². The SMILES string of the molecule is CC(CBr)c1n[nH]c2c1CCC2. The van der Waals surface area contributed by atoms with E-state index in [9.17, 15) is 0 Å². The van der Waals surface area contributed by atoms with Crippen molar-refractivity contribution in [2.75, 3.05) is 5.33 Å². The van der Waals surface area contributed by atoms with Crippen LogP contribution in [0, 0.1) is 0 Å². The van der Waals surface area contributed by atoms with Crippen LogP contribution in [0.5, 0.6) is 0 Å². The van der Waals surface area contributed by atoms with E-state index < -0.39 is 0 Å². The normalized spacial score (nSPS) is 17.8. The Morgan fingerprint density at radius 3 is 3.17 bits per heavy atom. The maximum absolute atomic E-state index is 4.35. The van der Waals surface area contributed by atoms with Gasteiger partial charge >= 0.3 is 0 Å². The number of nitrogens with zero attached hydrogens (tertiary/aromatic N) is 1. The summed E-state index contributed by atoms with van der Waals surface area (Å²) in [4.78, 5) is 0. The topological polar surface area (TPSA) is 28.7 Å². The van der Waals surface area contributed by atoms with Crippen LogP contribution in [0.1, 0.15) is 36.2 Å². The minimum Gasteiger partial charge on any atom is -0.282 e. The highest BCUT2D eigenvalue weighted by Crippen LogP contribution is 2.28. The second-order valence-electron chi connectivity index (χ2n) is 3.47. The first kappa shape index (κ1) is 8.30. The zero-order valence-corrected chi connectivity index (χ0v) is 8.82. The molecule has 0 saturated heterocycles. The van der Waals surface area contributed by atoms with Crippen LogP contribution in [0.25, 0.3) is 0 Å². The smallest absolute Gasteiger partial charge is 0.0693 e. The predicted molar refractivity (Wildman–Crippen MR) is 52.8 cm³/mol. The van der Waals surface area contributed by atoms with E-state index in [-0.39, 0.29) is 0 Å². The predicted octanol–water partition coefficient (Wildman–Crippen LogP) is 2.40. The van der Waals surface area contributed by atoms with Crippen molar-refractivity contribution in [3.63, 3.8) is 0 Å². The number of rotatable bonds is 2. The standard InChI is InChI=1S/C9H13BrN2/c1-6(5-10)9-7-3-2-4-8(7)11-12-9/h6H,2-5H2,1H3,(H,11,12). The summed E-state index contributed by atoms with van der Waals surface area (Å²) in [6.07, 6.45) is 3.71. The van der Waals surface area contributed by atoms with Crippen LogP contribution in [0.3, 0.4) is 0 Å². The summed E-state index contributed by atoms with van der Waals surface area (Å²) in [7, 11) is 0. The molecule has 1 unspecified atom stereocenters. The van der Waals surface area contributed by atoms with Gasteiger partial charge in [-0.05, 0) is 24.8 Å². The Balaban J connectivity index is 2.33. The summed E-state index contributed by atoms with van der Waals surface area (Å²) in [6.45, 7) is 2.21. The number of hydrogen-bond acceptors (Lipinski definition) is 1. The Morgan fingerprint density at radius 2 is 2.42 bits per heavy atom. The number of aromatic nitrogens is 2. The van der Waals surface area contributed by atoms with Crippen molar-refractivity contribution >= 4 is 15.9 Å². The fourth-order valence-corrected chi connectivity index (χ4v) is 2.13. The first-order chi connectivity index (χ1) is 5.83. The minimum atomic E-state index is 0.545. The molecule has 0 aliphatic heterocycles. The minimum absolute atomic E-state index is 0.545. The molecule has 2 nitrogen and oxygen atoms in total. The summed E-state index contributed by atoms with van der Waals surface area (Å²) < 4.78 is 0. The van der Waals surface area contributed by atoms with Gasteiger partial charge in [0.25, 0.3) is 0 Å². The lowest BCUT2D eigenvalue weighted by molar-refractivity contribution is 0.783. The molecule has 0 radical (unpaired) electrons. The van der Waals surface area contributed by atoms with Crippen LogP contribution in [0.2, 0.25) is 0 Å². The molecule has 0 saturated carbocycles. The maximum Gasteiger partial charge on any atom is 0.0693 e. The van der Waals surface area contributed by atoms with Crippen LogP contribution in [-0.2, 0) is 12.8 Å². The number of aryl methyl sites for hydroxylation is 1. The van der Waals surface area contributed by atoms with E-state index in [2.05, 4.69) is 33.1 Å². The molecule has 0 fully saturated rings. The van der Waals surface area contributed by atoms with Crippen LogP contribution in [0.4, 0.5) is 0 Å². The van der Waals surface area contributed by atoms with Gasteiger partial charge < -0.3 is 0 Å². The Bertz CT molecular complexity index is 280. The van der Waals surface area contributed by atoms with Gasteiger partial charge in [-0.15, -0.1) is 0 Å². The lowest BCUT2D eigenvalue weighted by Crippen LogP contribution is -1.98. The molecule has 2 rings (SSSR count). The van der Waals surface area contributed by atoms with Gasteiger partial charge in [-0.3, -0.25) is 5.10 Å². The highest BCUT2D eigenvalue weighted by molar-refractivity contribution is 9.09. The lowest BCUT2D eigenvalue weighted by atomic mass is 10.1. The van der Waals surface area contributed by atoms with Crippen molar-refractivity contribution in [3.05, 3.63) is 17.0 Å². The zero-order valence-electron chi connectivity index (χ0n) is 7.23. The van der Waals surface area contributed by atoms with Gasteiger partial charge in [-0.1, -0.05) is 22.9 Å². The molecule has 0 spiro atoms. The number of aromatic amines is 1. The summed E-state index contributed by atoms with van der Waals surface area (Å²) in [6, 6.07) is 0. The third-order valence-electron chi connectivity index (χ3n) is 2.54. The van der Waals surface area contributed by atoms with Crippen molar-refractivity contribution in [2.45, 2.75) is 32.1 Å². The number of nitrogens with one attached hydrogen (secondary N) is 1. The number of H-pyrrole nitrogens is 1. The molecule has 1 atom stereocenters. The van der Waals surface area contributed by atoms with Crippen LogP contribution in [-0.4, -0.2) is 15.5 Å². The molecule has 1 heterocycles. The molecular formula is C9H13BrN2. The largest absolute Gasteiger partial charge is 0.282 e. The van der Waals surface area contributed by atoms with Gasteiger partial charge in [0.15, 0.2) is 0 Å². The van der Waals surface area contributed by atoms with Gasteiger partial charge in [0.05, 0.1) is 5.69 Å². The monoisotopic (exact) mass is 228 g/mol. The van der Waals surface area contributed by atoms with Crippen LogP contribution >= 0.6 is 15.9 Å². The van der Waals surface area contributed by atoms with Gasteiger partial charge in [0.1, 0.15) is 0 Å². The Morgan fingerprint density at radius 1 is 1.58 bits per heavy atom. The number of alkyl halides is 1. The summed E-state index contributed by atoms with van der Waals surface area (Å²) in [5.41, 5.74) is 4.14. The Labute approximate surface area is 80.9 Å². The van der Waals surface area contributed by atoms with E-state index >= 15 is 0 Å². The molecule has 1 aliphatic rings. The average molecular weight is 229 g/mol. The average Bonchev–Trinajstić information content (AvgIpc) is 2.62. The van der Waals surface area contributed by atoms with E-state index in [0.717, 1.165) is 5.33 Å². The molecule has 0 aromatic carbocycles. The molecule has 0 amide bonds. The zero-order chi connectivity index (χ0) is 8.55. The van der Waals surface area contributed by atoms with Crippen LogP contribution in [0.15, 0.2) is 0 Å². The molecule has 12 heavy (non-hydrogen) atoms. The molecule has 1 N–H and O–H groups in total. The lowest BCUT2D eigenvalue weighted by Gasteiger charge is -2.04. The fraction of sp³-hybridized carbons (Fsp3) is 0.667. The Hall–Kier alpha value is -0.310. The van der Waals surface area contributed by atoms with E-state index in [1.807, 2.05) is 0 Å². The number of hydrogen-bond donors (Lipinski definition) is 1. The van der Waals surface area contributed by atoms with E-state index in [1.54, 1.807) is 0 Å². The van der Waals surface area contributed by atoms with Crippen molar-refractivity contribution in [1.82, 2.24) is 10.2 Å². The van der Waals surface area contributed by atoms with Gasteiger partial charge in [0.2, 0.25) is 0 Å². The molecule has 66 valence electrons. The third kappa shape index (κ3) is 1.20. The first-order valence-corrected chi connectivity index (χ1v) is 5.57. The summed E-state index contributed by atoms with van der Waals surface area (Å²) in [5, 5.41) is 8.49. The fourth-order valence-electron chi connectivity index (χ4n) is 1.83. The van der Waals surface area contributed by atoms with Crippen molar-refractivity contribution < 1.29 is 0 Å². The number of fused-ring (bicyclic) bond motifs is 1. The second-order valence-corrected chi connectivity index (χ2v) is 4.12. The second kappa shape index (κ2) is 3.21. The first-order valence-electron chi connectivity index (χ1n) is 4.45. The van der Waals surface area contributed by atoms with Crippen molar-refractivity contribution in [1.29, 1.82) is 0 Å². The Kier molecular flexibility index (Phi) is 2.22. The van der Waals surface area contributed by atoms with E-state index in [1.165, 1.54) is 36.2 Å². The van der Waals surface area contributed by atoms with Crippen molar-refractivity contribution in [3.8, 4) is 0 Å². The van der Waals surface area contributed by atoms with Gasteiger partial charge in [-0.2, -0.15) is 5.10 Å². The van der Waals surface area contributed by atoms with Gasteiger partial charge in [-0.25, -0.2) is 0 Å². The highest BCUT2D eigenvalue weighted by atomic mass is 79.9. The summed E-state index contributed by atoms with van der Waals surface area (Å²) in [5.74, 6) is 0.545. The molecule has 1 aromatic rings. The quantitative estimate of drug-likeness (QED) is 0.775. The van der Waals surface area contributed by atoms with E-state index in [4.69, 9.17) is 0 Å². The summed E-state index contributed by atoms with van der Waals surface area (Å²) >= 11 is 3.49. The molecule has 1 aromatic heterocycles.